The molecule has 1 atom stereocenters. The topological polar surface area (TPSA) is 75.4 Å². The lowest BCUT2D eigenvalue weighted by Crippen LogP contribution is -2.41. The van der Waals surface area contributed by atoms with Crippen LogP contribution in [0.5, 0.6) is 0 Å². The van der Waals surface area contributed by atoms with E-state index in [0.717, 1.165) is 28.7 Å². The second kappa shape index (κ2) is 6.97. The molecular weight excluding hydrogens is 404 g/mol. The lowest BCUT2D eigenvalue weighted by molar-refractivity contribution is -0.131. The normalized spacial score (nSPS) is 19.0. The van der Waals surface area contributed by atoms with Crippen LogP contribution in [0, 0.1) is 11.6 Å². The molecule has 1 aromatic heterocycles. The molecule has 3 amide bonds. The number of carbonyl (C=O) groups excluding carboxylic acids is 2. The van der Waals surface area contributed by atoms with Crippen LogP contribution in [0.25, 0.3) is 11.3 Å². The smallest absolute Gasteiger partial charge is 0.325 e. The van der Waals surface area contributed by atoms with Crippen LogP contribution in [0.4, 0.5) is 13.6 Å². The predicted molar refractivity (Wildman–Crippen MR) is 99.7 cm³/mol. The van der Waals surface area contributed by atoms with Gasteiger partial charge in [0.2, 0.25) is 5.89 Å². The largest absolute Gasteiger partial charge is 0.439 e. The summed E-state index contributed by atoms with van der Waals surface area (Å²) in [5, 5.41) is 2.99. The number of halogens is 3. The molecule has 1 aliphatic rings. The van der Waals surface area contributed by atoms with Crippen LogP contribution in [0.2, 0.25) is 5.02 Å². The summed E-state index contributed by atoms with van der Waals surface area (Å²) < 4.78 is 33.4. The zero-order valence-electron chi connectivity index (χ0n) is 15.1. The molecule has 0 unspecified atom stereocenters. The van der Waals surface area contributed by atoms with E-state index in [1.54, 1.807) is 24.3 Å². The SMILES string of the molecule is C[C@@]1(c2cc(F)ccc2F)NC(=O)N(Cc2ncc(-c3ccc(Cl)cc3)o2)C1=O. The molecule has 9 heteroatoms. The fourth-order valence-corrected chi connectivity index (χ4v) is 3.30. The van der Waals surface area contributed by atoms with Crippen LogP contribution in [-0.2, 0) is 16.9 Å². The van der Waals surface area contributed by atoms with Gasteiger partial charge in [0.1, 0.15) is 23.7 Å². The Kier molecular flexibility index (Phi) is 4.58. The van der Waals surface area contributed by atoms with Crippen molar-refractivity contribution in [2.75, 3.05) is 0 Å². The van der Waals surface area contributed by atoms with Gasteiger partial charge in [0, 0.05) is 16.1 Å². The summed E-state index contributed by atoms with van der Waals surface area (Å²) in [5.74, 6) is -1.71. The van der Waals surface area contributed by atoms with E-state index >= 15 is 0 Å². The summed E-state index contributed by atoms with van der Waals surface area (Å²) in [5.41, 5.74) is -1.28. The Bertz CT molecular complexity index is 1120. The number of benzene rings is 2. The molecule has 1 aliphatic heterocycles. The van der Waals surface area contributed by atoms with Crippen LogP contribution in [0.15, 0.2) is 53.1 Å². The number of nitrogens with zero attached hydrogens (tertiary/aromatic N) is 2. The van der Waals surface area contributed by atoms with Gasteiger partial charge in [0.25, 0.3) is 5.91 Å². The third kappa shape index (κ3) is 3.36. The van der Waals surface area contributed by atoms with Crippen molar-refractivity contribution in [3.05, 3.63) is 76.8 Å². The zero-order chi connectivity index (χ0) is 20.8. The fourth-order valence-electron chi connectivity index (χ4n) is 3.17. The number of urea groups is 1. The maximum atomic E-state index is 14.2. The lowest BCUT2D eigenvalue weighted by atomic mass is 9.91. The maximum absolute atomic E-state index is 14.2. The van der Waals surface area contributed by atoms with E-state index in [-0.39, 0.29) is 18.0 Å². The van der Waals surface area contributed by atoms with Gasteiger partial charge < -0.3 is 9.73 Å². The number of rotatable bonds is 4. The molecule has 2 aromatic carbocycles. The first-order valence-electron chi connectivity index (χ1n) is 8.58. The van der Waals surface area contributed by atoms with Crippen molar-refractivity contribution >= 4 is 23.5 Å². The molecule has 29 heavy (non-hydrogen) atoms. The minimum atomic E-state index is -1.74. The van der Waals surface area contributed by atoms with E-state index in [0.29, 0.717) is 10.8 Å². The highest BCUT2D eigenvalue weighted by Crippen LogP contribution is 2.32. The van der Waals surface area contributed by atoms with Crippen molar-refractivity contribution in [2.45, 2.75) is 19.0 Å². The lowest BCUT2D eigenvalue weighted by Gasteiger charge is -2.22. The van der Waals surface area contributed by atoms with Gasteiger partial charge in [0.05, 0.1) is 6.20 Å². The number of amides is 3. The second-order valence-electron chi connectivity index (χ2n) is 6.70. The summed E-state index contributed by atoms with van der Waals surface area (Å²) in [6.45, 7) is 1.06. The second-order valence-corrected chi connectivity index (χ2v) is 7.13. The van der Waals surface area contributed by atoms with E-state index in [2.05, 4.69) is 10.3 Å². The number of nitrogens with one attached hydrogen (secondary N) is 1. The average molecular weight is 418 g/mol. The van der Waals surface area contributed by atoms with Crippen LogP contribution >= 0.6 is 11.6 Å². The van der Waals surface area contributed by atoms with Crippen LogP contribution < -0.4 is 5.32 Å². The molecule has 0 aliphatic carbocycles. The molecule has 0 spiro atoms. The number of imide groups is 1. The van der Waals surface area contributed by atoms with Crippen molar-refractivity contribution < 1.29 is 22.8 Å². The molecule has 0 radical (unpaired) electrons. The zero-order valence-corrected chi connectivity index (χ0v) is 15.8. The minimum Gasteiger partial charge on any atom is -0.439 e. The molecule has 1 N–H and O–H groups in total. The fraction of sp³-hybridized carbons (Fsp3) is 0.150. The number of hydrogen-bond acceptors (Lipinski definition) is 4. The van der Waals surface area contributed by atoms with E-state index < -0.39 is 29.1 Å². The first-order valence-corrected chi connectivity index (χ1v) is 8.96. The first-order chi connectivity index (χ1) is 13.8. The van der Waals surface area contributed by atoms with E-state index in [1.165, 1.54) is 13.1 Å². The number of oxazole rings is 1. The van der Waals surface area contributed by atoms with Gasteiger partial charge in [-0.1, -0.05) is 11.6 Å². The first kappa shape index (κ1) is 19.1. The van der Waals surface area contributed by atoms with Gasteiger partial charge in [-0.05, 0) is 49.4 Å². The summed E-state index contributed by atoms with van der Waals surface area (Å²) in [6.07, 6.45) is 1.46. The van der Waals surface area contributed by atoms with Gasteiger partial charge >= 0.3 is 6.03 Å². The number of carbonyl (C=O) groups is 2. The molecule has 1 saturated heterocycles. The number of hydrogen-bond donors (Lipinski definition) is 1. The Hall–Kier alpha value is -3.26. The third-order valence-corrected chi connectivity index (χ3v) is 4.97. The number of aromatic nitrogens is 1. The summed E-state index contributed by atoms with van der Waals surface area (Å²) in [4.78, 5) is 30.2. The highest BCUT2D eigenvalue weighted by atomic mass is 35.5. The molecule has 148 valence electrons. The van der Waals surface area contributed by atoms with Crippen LogP contribution in [-0.4, -0.2) is 21.8 Å². The Morgan fingerprint density at radius 2 is 1.90 bits per heavy atom. The van der Waals surface area contributed by atoms with Crippen LogP contribution in [0.1, 0.15) is 18.4 Å². The predicted octanol–water partition coefficient (Wildman–Crippen LogP) is 4.24. The average Bonchev–Trinajstić information content (AvgIpc) is 3.24. The van der Waals surface area contributed by atoms with Gasteiger partial charge in [-0.3, -0.25) is 9.69 Å². The van der Waals surface area contributed by atoms with Gasteiger partial charge in [-0.25, -0.2) is 18.6 Å². The quantitative estimate of drug-likeness (QED) is 0.644. The van der Waals surface area contributed by atoms with Crippen molar-refractivity contribution in [1.29, 1.82) is 0 Å². The minimum absolute atomic E-state index is 0.113. The van der Waals surface area contributed by atoms with Crippen molar-refractivity contribution in [3.8, 4) is 11.3 Å². The molecule has 0 saturated carbocycles. The van der Waals surface area contributed by atoms with Gasteiger partial charge in [-0.15, -0.1) is 0 Å². The molecule has 3 aromatic rings. The van der Waals surface area contributed by atoms with Gasteiger partial charge in [0.15, 0.2) is 5.76 Å². The van der Waals surface area contributed by atoms with Crippen molar-refractivity contribution in [3.63, 3.8) is 0 Å². The molecule has 1 fully saturated rings. The van der Waals surface area contributed by atoms with E-state index in [9.17, 15) is 18.4 Å². The Morgan fingerprint density at radius 3 is 2.62 bits per heavy atom. The monoisotopic (exact) mass is 417 g/mol. The summed E-state index contributed by atoms with van der Waals surface area (Å²) in [6, 6.07) is 8.84. The standard InChI is InChI=1S/C20H14ClF2N3O3/c1-20(14-8-13(22)6-7-15(14)23)18(27)26(19(28)25-20)10-17-24-9-16(29-17)11-2-4-12(21)5-3-11/h2-9H,10H2,1H3,(H,25,28)/t20-/m0/s1. The Balaban J connectivity index is 1.59. The third-order valence-electron chi connectivity index (χ3n) is 4.72. The molecule has 4 rings (SSSR count). The van der Waals surface area contributed by atoms with Crippen molar-refractivity contribution in [1.82, 2.24) is 15.2 Å². The highest BCUT2D eigenvalue weighted by molar-refractivity contribution is 6.30. The van der Waals surface area contributed by atoms with E-state index in [4.69, 9.17) is 16.0 Å². The van der Waals surface area contributed by atoms with Crippen molar-refractivity contribution in [2.24, 2.45) is 0 Å². The molecule has 2 heterocycles. The maximum Gasteiger partial charge on any atom is 0.325 e. The molecular formula is C20H14ClF2N3O3. The Labute approximate surface area is 169 Å². The van der Waals surface area contributed by atoms with E-state index in [1.807, 2.05) is 0 Å². The molecule has 6 nitrogen and oxygen atoms in total. The van der Waals surface area contributed by atoms with Crippen LogP contribution in [0.3, 0.4) is 0 Å². The Morgan fingerprint density at radius 1 is 1.17 bits per heavy atom. The van der Waals surface area contributed by atoms with Gasteiger partial charge in [-0.2, -0.15) is 0 Å². The molecule has 0 bridgehead atoms. The summed E-state index contributed by atoms with van der Waals surface area (Å²) >= 11 is 5.86. The summed E-state index contributed by atoms with van der Waals surface area (Å²) in [7, 11) is 0. The highest BCUT2D eigenvalue weighted by Gasteiger charge is 2.50.